The summed E-state index contributed by atoms with van der Waals surface area (Å²) >= 11 is 1.61. The summed E-state index contributed by atoms with van der Waals surface area (Å²) in [7, 11) is -3.10. The van der Waals surface area contributed by atoms with Gasteiger partial charge in [0.1, 0.15) is 12.1 Å². The maximum Gasteiger partial charge on any atom is 0.208 e. The first-order valence-electron chi connectivity index (χ1n) is 5.84. The zero-order chi connectivity index (χ0) is 13.9. The lowest BCUT2D eigenvalue weighted by Gasteiger charge is -2.06. The summed E-state index contributed by atoms with van der Waals surface area (Å²) in [6.45, 7) is 3.10. The summed E-state index contributed by atoms with van der Waals surface area (Å²) in [6.07, 6.45) is 3.39. The number of sulfonamides is 1. The number of thiophene rings is 1. The van der Waals surface area contributed by atoms with Gasteiger partial charge in [-0.15, -0.1) is 11.3 Å². The van der Waals surface area contributed by atoms with Gasteiger partial charge >= 0.3 is 0 Å². The van der Waals surface area contributed by atoms with Crippen LogP contribution in [0.1, 0.15) is 12.0 Å². The first-order chi connectivity index (χ1) is 8.97. The normalized spacial score (nSPS) is 11.9. The van der Waals surface area contributed by atoms with Gasteiger partial charge in [0.25, 0.3) is 0 Å². The van der Waals surface area contributed by atoms with Gasteiger partial charge in [-0.1, -0.05) is 0 Å². The number of aromatic nitrogens is 2. The van der Waals surface area contributed by atoms with Crippen molar-refractivity contribution in [2.24, 2.45) is 0 Å². The van der Waals surface area contributed by atoms with Crippen LogP contribution in [0.4, 0.5) is 5.82 Å². The van der Waals surface area contributed by atoms with Crippen molar-refractivity contribution >= 4 is 37.4 Å². The highest BCUT2D eigenvalue weighted by molar-refractivity contribution is 7.88. The van der Waals surface area contributed by atoms with Gasteiger partial charge in [-0.25, -0.2) is 23.1 Å². The SMILES string of the molecule is Cc1csc2c(NCCCNS(C)(=O)=O)ncnc12. The van der Waals surface area contributed by atoms with Crippen LogP contribution in [-0.4, -0.2) is 37.7 Å². The van der Waals surface area contributed by atoms with E-state index in [0.29, 0.717) is 19.5 Å². The van der Waals surface area contributed by atoms with E-state index in [9.17, 15) is 8.42 Å². The van der Waals surface area contributed by atoms with Crippen molar-refractivity contribution in [2.45, 2.75) is 13.3 Å². The van der Waals surface area contributed by atoms with E-state index in [1.165, 1.54) is 0 Å². The third-order valence-corrected chi connectivity index (χ3v) is 4.36. The molecule has 0 spiro atoms. The van der Waals surface area contributed by atoms with E-state index in [-0.39, 0.29) is 0 Å². The fraction of sp³-hybridized carbons (Fsp3) is 0.455. The van der Waals surface area contributed by atoms with Crippen molar-refractivity contribution in [1.82, 2.24) is 14.7 Å². The second-order valence-corrected chi connectivity index (χ2v) is 6.98. The molecule has 104 valence electrons. The summed E-state index contributed by atoms with van der Waals surface area (Å²) in [4.78, 5) is 8.46. The lowest BCUT2D eigenvalue weighted by Crippen LogP contribution is -2.24. The Hall–Kier alpha value is -1.25. The minimum atomic E-state index is -3.10. The highest BCUT2D eigenvalue weighted by atomic mass is 32.2. The standard InChI is InChI=1S/C11H16N4O2S2/c1-8-6-18-10-9(8)13-7-14-11(10)12-4-3-5-15-19(2,16)17/h6-7,15H,3-5H2,1-2H3,(H,12,13,14). The Morgan fingerprint density at radius 1 is 1.32 bits per heavy atom. The largest absolute Gasteiger partial charge is 0.369 e. The molecule has 0 saturated heterocycles. The van der Waals surface area contributed by atoms with Crippen LogP contribution in [0.15, 0.2) is 11.7 Å². The van der Waals surface area contributed by atoms with E-state index in [4.69, 9.17) is 0 Å². The van der Waals surface area contributed by atoms with Crippen LogP contribution >= 0.6 is 11.3 Å². The number of rotatable bonds is 6. The maximum absolute atomic E-state index is 10.9. The Labute approximate surface area is 116 Å². The van der Waals surface area contributed by atoms with Crippen LogP contribution < -0.4 is 10.0 Å². The third-order valence-electron chi connectivity index (χ3n) is 2.54. The average Bonchev–Trinajstić information content (AvgIpc) is 2.70. The molecule has 0 aliphatic rings. The molecule has 0 radical (unpaired) electrons. The molecule has 19 heavy (non-hydrogen) atoms. The molecule has 0 atom stereocenters. The highest BCUT2D eigenvalue weighted by Crippen LogP contribution is 2.28. The molecule has 2 aromatic heterocycles. The molecule has 0 aromatic carbocycles. The van der Waals surface area contributed by atoms with Gasteiger partial charge < -0.3 is 5.32 Å². The summed E-state index contributed by atoms with van der Waals surface area (Å²) in [5.74, 6) is 0.808. The van der Waals surface area contributed by atoms with Crippen LogP contribution in [-0.2, 0) is 10.0 Å². The first-order valence-corrected chi connectivity index (χ1v) is 8.62. The molecule has 2 heterocycles. The van der Waals surface area contributed by atoms with Gasteiger partial charge in [-0.3, -0.25) is 0 Å². The predicted octanol–water partition coefficient (Wildman–Crippen LogP) is 1.35. The van der Waals surface area contributed by atoms with E-state index >= 15 is 0 Å². The Morgan fingerprint density at radius 2 is 2.11 bits per heavy atom. The molecule has 0 bridgehead atoms. The lowest BCUT2D eigenvalue weighted by atomic mass is 10.3. The van der Waals surface area contributed by atoms with Gasteiger partial charge in [0.2, 0.25) is 10.0 Å². The lowest BCUT2D eigenvalue weighted by molar-refractivity contribution is 0.586. The second kappa shape index (κ2) is 5.81. The molecule has 8 heteroatoms. The number of hydrogen-bond acceptors (Lipinski definition) is 6. The second-order valence-electron chi connectivity index (χ2n) is 4.27. The zero-order valence-corrected chi connectivity index (χ0v) is 12.4. The van der Waals surface area contributed by atoms with Crippen LogP contribution in [0.25, 0.3) is 10.2 Å². The summed E-state index contributed by atoms with van der Waals surface area (Å²) in [5.41, 5.74) is 2.11. The molecule has 0 saturated carbocycles. The molecule has 0 fully saturated rings. The number of nitrogens with zero attached hydrogens (tertiary/aromatic N) is 2. The number of aryl methyl sites for hydroxylation is 1. The molecule has 0 aliphatic carbocycles. The summed E-state index contributed by atoms with van der Waals surface area (Å²) in [6, 6.07) is 0. The van der Waals surface area contributed by atoms with E-state index in [1.54, 1.807) is 17.7 Å². The van der Waals surface area contributed by atoms with Crippen molar-refractivity contribution in [1.29, 1.82) is 0 Å². The van der Waals surface area contributed by atoms with E-state index in [2.05, 4.69) is 25.4 Å². The molecule has 2 N–H and O–H groups in total. The Bertz CT molecular complexity index is 666. The Morgan fingerprint density at radius 3 is 2.84 bits per heavy atom. The quantitative estimate of drug-likeness (QED) is 0.787. The van der Waals surface area contributed by atoms with Crippen LogP contribution in [0.3, 0.4) is 0 Å². The summed E-state index contributed by atoms with van der Waals surface area (Å²) in [5, 5.41) is 5.26. The Balaban J connectivity index is 1.92. The Kier molecular flexibility index (Phi) is 4.33. The summed E-state index contributed by atoms with van der Waals surface area (Å²) < 4.78 is 25.3. The topological polar surface area (TPSA) is 84.0 Å². The van der Waals surface area contributed by atoms with Crippen molar-refractivity contribution < 1.29 is 8.42 Å². The molecular weight excluding hydrogens is 284 g/mol. The monoisotopic (exact) mass is 300 g/mol. The van der Waals surface area contributed by atoms with Crippen molar-refractivity contribution in [3.05, 3.63) is 17.3 Å². The van der Waals surface area contributed by atoms with Crippen molar-refractivity contribution in [2.75, 3.05) is 24.7 Å². The molecular formula is C11H16N4O2S2. The smallest absolute Gasteiger partial charge is 0.208 e. The molecule has 0 unspecified atom stereocenters. The van der Waals surface area contributed by atoms with E-state index in [0.717, 1.165) is 27.9 Å². The van der Waals surface area contributed by atoms with Crippen molar-refractivity contribution in [3.8, 4) is 0 Å². The number of anilines is 1. The third kappa shape index (κ3) is 3.85. The van der Waals surface area contributed by atoms with Crippen LogP contribution in [0.2, 0.25) is 0 Å². The number of nitrogens with one attached hydrogen (secondary N) is 2. The van der Waals surface area contributed by atoms with Gasteiger partial charge in [0.15, 0.2) is 0 Å². The molecule has 0 amide bonds. The molecule has 6 nitrogen and oxygen atoms in total. The van der Waals surface area contributed by atoms with E-state index < -0.39 is 10.0 Å². The van der Waals surface area contributed by atoms with Crippen molar-refractivity contribution in [3.63, 3.8) is 0 Å². The van der Waals surface area contributed by atoms with Crippen LogP contribution in [0.5, 0.6) is 0 Å². The predicted molar refractivity (Wildman–Crippen MR) is 78.1 cm³/mol. The van der Waals surface area contributed by atoms with Gasteiger partial charge in [0, 0.05) is 13.1 Å². The minimum absolute atomic E-state index is 0.420. The van der Waals surface area contributed by atoms with Gasteiger partial charge in [-0.2, -0.15) is 0 Å². The fourth-order valence-corrected chi connectivity index (χ4v) is 3.13. The van der Waals surface area contributed by atoms with Gasteiger partial charge in [0.05, 0.1) is 16.5 Å². The first kappa shape index (κ1) is 14.2. The minimum Gasteiger partial charge on any atom is -0.369 e. The fourth-order valence-electron chi connectivity index (χ4n) is 1.65. The molecule has 2 aromatic rings. The zero-order valence-electron chi connectivity index (χ0n) is 10.8. The molecule has 0 aliphatic heterocycles. The average molecular weight is 300 g/mol. The number of fused-ring (bicyclic) bond motifs is 1. The molecule has 2 rings (SSSR count). The number of hydrogen-bond donors (Lipinski definition) is 2. The maximum atomic E-state index is 10.9. The highest BCUT2D eigenvalue weighted by Gasteiger charge is 2.07. The van der Waals surface area contributed by atoms with E-state index in [1.807, 2.05) is 6.92 Å². The van der Waals surface area contributed by atoms with Crippen LogP contribution in [0, 0.1) is 6.92 Å². The van der Waals surface area contributed by atoms with Gasteiger partial charge in [-0.05, 0) is 24.3 Å².